The summed E-state index contributed by atoms with van der Waals surface area (Å²) < 4.78 is 0. The summed E-state index contributed by atoms with van der Waals surface area (Å²) in [6.07, 6.45) is 0. The Bertz CT molecular complexity index is 600. The van der Waals surface area contributed by atoms with Crippen LogP contribution in [0.2, 0.25) is 10.0 Å². The monoisotopic (exact) mass is 301 g/mol. The summed E-state index contributed by atoms with van der Waals surface area (Å²) >= 11 is 18.3. The molecule has 4 heteroatoms. The second-order valence-electron chi connectivity index (χ2n) is 5.31. The molecule has 0 aliphatic carbocycles. The van der Waals surface area contributed by atoms with Gasteiger partial charge in [0, 0.05) is 22.4 Å². The molecule has 0 aliphatic heterocycles. The second kappa shape index (κ2) is 4.88. The second-order valence-corrected chi connectivity index (χ2v) is 6.36. The molecule has 0 radical (unpaired) electrons. The smallest absolute Gasteiger partial charge is 0.0910 e. The lowest BCUT2D eigenvalue weighted by Gasteiger charge is -2.20. The number of benzene rings is 1. The van der Waals surface area contributed by atoms with Crippen LogP contribution >= 0.6 is 34.8 Å². The van der Waals surface area contributed by atoms with E-state index in [1.165, 1.54) is 0 Å². The van der Waals surface area contributed by atoms with Crippen molar-refractivity contribution in [2.45, 2.75) is 32.1 Å². The van der Waals surface area contributed by atoms with Gasteiger partial charge >= 0.3 is 0 Å². The summed E-state index contributed by atoms with van der Waals surface area (Å²) in [5.41, 5.74) is 2.67. The van der Waals surface area contributed by atoms with Crippen LogP contribution < -0.4 is 0 Å². The summed E-state index contributed by atoms with van der Waals surface area (Å²) in [5.74, 6) is 0.431. The molecule has 2 aromatic rings. The zero-order valence-electron chi connectivity index (χ0n) is 10.5. The van der Waals surface area contributed by atoms with E-state index in [-0.39, 0.29) is 5.41 Å². The van der Waals surface area contributed by atoms with Crippen molar-refractivity contribution in [3.63, 3.8) is 0 Å². The highest BCUT2D eigenvalue weighted by atomic mass is 35.5. The van der Waals surface area contributed by atoms with Crippen molar-refractivity contribution in [1.29, 1.82) is 0 Å². The first-order valence-electron chi connectivity index (χ1n) is 5.68. The number of fused-ring (bicyclic) bond motifs is 1. The third-order valence-corrected chi connectivity index (χ3v) is 3.95. The first-order valence-corrected chi connectivity index (χ1v) is 6.97. The molecule has 0 bridgehead atoms. The topological polar surface area (TPSA) is 12.9 Å². The molecule has 0 saturated heterocycles. The number of hydrogen-bond donors (Lipinski definition) is 0. The molecule has 0 fully saturated rings. The van der Waals surface area contributed by atoms with Crippen LogP contribution in [0.4, 0.5) is 0 Å². The van der Waals surface area contributed by atoms with E-state index in [2.05, 4.69) is 25.8 Å². The van der Waals surface area contributed by atoms with Crippen LogP contribution in [0.5, 0.6) is 0 Å². The lowest BCUT2D eigenvalue weighted by Crippen LogP contribution is -2.14. The highest BCUT2D eigenvalue weighted by Crippen LogP contribution is 2.34. The maximum absolute atomic E-state index is 6.24. The maximum atomic E-state index is 6.24. The molecule has 0 amide bonds. The molecule has 2 rings (SSSR count). The van der Waals surface area contributed by atoms with Crippen LogP contribution in [0, 0.1) is 0 Å². The van der Waals surface area contributed by atoms with Gasteiger partial charge in [0.25, 0.3) is 0 Å². The minimum absolute atomic E-state index is 0.0549. The van der Waals surface area contributed by atoms with Crippen molar-refractivity contribution in [1.82, 2.24) is 4.98 Å². The Labute approximate surface area is 122 Å². The molecule has 0 atom stereocenters. The summed E-state index contributed by atoms with van der Waals surface area (Å²) in [6.45, 7) is 6.33. The summed E-state index contributed by atoms with van der Waals surface area (Å²) in [6, 6.07) is 5.74. The van der Waals surface area contributed by atoms with Crippen LogP contribution in [0.15, 0.2) is 18.2 Å². The van der Waals surface area contributed by atoms with Crippen molar-refractivity contribution >= 4 is 45.7 Å². The minimum Gasteiger partial charge on any atom is -0.251 e. The lowest BCUT2D eigenvalue weighted by atomic mass is 9.90. The van der Waals surface area contributed by atoms with Gasteiger partial charge in [-0.3, -0.25) is 4.98 Å². The van der Waals surface area contributed by atoms with E-state index in [0.29, 0.717) is 15.9 Å². The standard InChI is InChI=1S/C14H14Cl3N/c1-14(2,3)11-6-8(7-15)9-4-5-10(16)12(17)13(9)18-11/h4-6H,7H2,1-3H3. The predicted octanol–water partition coefficient (Wildman–Crippen LogP) is 5.58. The van der Waals surface area contributed by atoms with E-state index in [1.54, 1.807) is 6.07 Å². The van der Waals surface area contributed by atoms with E-state index >= 15 is 0 Å². The van der Waals surface area contributed by atoms with Crippen LogP contribution in [0.3, 0.4) is 0 Å². The summed E-state index contributed by atoms with van der Waals surface area (Å²) in [5, 5.41) is 1.97. The largest absolute Gasteiger partial charge is 0.251 e. The van der Waals surface area contributed by atoms with E-state index in [9.17, 15) is 0 Å². The fourth-order valence-corrected chi connectivity index (χ4v) is 2.38. The highest BCUT2D eigenvalue weighted by Gasteiger charge is 2.19. The molecule has 0 aliphatic rings. The quantitative estimate of drug-likeness (QED) is 0.627. The molecule has 0 saturated carbocycles. The number of pyridine rings is 1. The third kappa shape index (κ3) is 2.45. The van der Waals surface area contributed by atoms with Gasteiger partial charge in [0.15, 0.2) is 0 Å². The zero-order valence-corrected chi connectivity index (χ0v) is 12.8. The van der Waals surface area contributed by atoms with E-state index < -0.39 is 0 Å². The molecular weight excluding hydrogens is 289 g/mol. The van der Waals surface area contributed by atoms with E-state index in [0.717, 1.165) is 22.2 Å². The Morgan fingerprint density at radius 3 is 2.39 bits per heavy atom. The molecular formula is C14H14Cl3N. The van der Waals surface area contributed by atoms with Crippen LogP contribution in [0.25, 0.3) is 10.9 Å². The fourth-order valence-electron chi connectivity index (χ4n) is 1.80. The third-order valence-electron chi connectivity index (χ3n) is 2.87. The Morgan fingerprint density at radius 1 is 1.17 bits per heavy atom. The van der Waals surface area contributed by atoms with Gasteiger partial charge in [0.05, 0.1) is 15.6 Å². The number of alkyl halides is 1. The Morgan fingerprint density at radius 2 is 1.83 bits per heavy atom. The van der Waals surface area contributed by atoms with Crippen molar-refractivity contribution < 1.29 is 0 Å². The average Bonchev–Trinajstić information content (AvgIpc) is 2.31. The first-order chi connectivity index (χ1) is 8.34. The molecule has 1 nitrogen and oxygen atoms in total. The SMILES string of the molecule is CC(C)(C)c1cc(CCl)c2ccc(Cl)c(Cl)c2n1. The van der Waals surface area contributed by atoms with Crippen LogP contribution in [-0.2, 0) is 11.3 Å². The number of halogens is 3. The van der Waals surface area contributed by atoms with Gasteiger partial charge in [0.2, 0.25) is 0 Å². The Hall–Kier alpha value is -0.500. The molecule has 0 unspecified atom stereocenters. The molecule has 0 N–H and O–H groups in total. The normalized spacial score (nSPS) is 12.1. The fraction of sp³-hybridized carbons (Fsp3) is 0.357. The van der Waals surface area contributed by atoms with Crippen LogP contribution in [0.1, 0.15) is 32.0 Å². The number of hydrogen-bond acceptors (Lipinski definition) is 1. The Kier molecular flexibility index (Phi) is 3.77. The molecule has 18 heavy (non-hydrogen) atoms. The highest BCUT2D eigenvalue weighted by molar-refractivity contribution is 6.45. The lowest BCUT2D eigenvalue weighted by molar-refractivity contribution is 0.571. The van der Waals surface area contributed by atoms with E-state index in [4.69, 9.17) is 34.8 Å². The number of rotatable bonds is 1. The van der Waals surface area contributed by atoms with Crippen molar-refractivity contribution in [3.8, 4) is 0 Å². The van der Waals surface area contributed by atoms with Crippen molar-refractivity contribution in [2.75, 3.05) is 0 Å². The average molecular weight is 303 g/mol. The molecule has 1 aromatic heterocycles. The minimum atomic E-state index is -0.0549. The molecule has 1 heterocycles. The Balaban J connectivity index is 2.85. The van der Waals surface area contributed by atoms with Gasteiger partial charge in [-0.15, -0.1) is 11.6 Å². The van der Waals surface area contributed by atoms with Gasteiger partial charge in [-0.1, -0.05) is 50.0 Å². The van der Waals surface area contributed by atoms with Gasteiger partial charge in [0.1, 0.15) is 0 Å². The van der Waals surface area contributed by atoms with Crippen LogP contribution in [-0.4, -0.2) is 4.98 Å². The van der Waals surface area contributed by atoms with Gasteiger partial charge in [-0.2, -0.15) is 0 Å². The predicted molar refractivity (Wildman–Crippen MR) is 80.0 cm³/mol. The molecule has 96 valence electrons. The maximum Gasteiger partial charge on any atom is 0.0910 e. The zero-order chi connectivity index (χ0) is 13.5. The molecule has 0 spiro atoms. The van der Waals surface area contributed by atoms with Gasteiger partial charge in [-0.25, -0.2) is 0 Å². The van der Waals surface area contributed by atoms with E-state index in [1.807, 2.05) is 12.1 Å². The van der Waals surface area contributed by atoms with Crippen molar-refractivity contribution in [2.24, 2.45) is 0 Å². The molecule has 1 aromatic carbocycles. The van der Waals surface area contributed by atoms with Gasteiger partial charge in [-0.05, 0) is 17.7 Å². The first kappa shape index (κ1) is 13.9. The number of nitrogens with zero attached hydrogens (tertiary/aromatic N) is 1. The summed E-state index contributed by atoms with van der Waals surface area (Å²) in [7, 11) is 0. The summed E-state index contributed by atoms with van der Waals surface area (Å²) in [4.78, 5) is 4.64. The number of aromatic nitrogens is 1. The van der Waals surface area contributed by atoms with Gasteiger partial charge < -0.3 is 0 Å². The van der Waals surface area contributed by atoms with Crippen molar-refractivity contribution in [3.05, 3.63) is 39.5 Å².